The standard InChI is InChI=1S/C22H27N3O/c1-17(26)24-22-12-13-25(14-18-8-4-2-5-9-18)15-20(22)21(23-16-22)19-10-6-3-7-11-19/h2-11,20-21,23H,12-16H2,1H3,(H,24,26)/t20-,21-,22-/m1/s1. The van der Waals surface area contributed by atoms with E-state index in [1.165, 1.54) is 11.1 Å². The van der Waals surface area contributed by atoms with Crippen molar-refractivity contribution in [2.75, 3.05) is 19.6 Å². The normalized spacial score (nSPS) is 28.5. The first-order valence-corrected chi connectivity index (χ1v) is 9.50. The Bertz CT molecular complexity index is 748. The van der Waals surface area contributed by atoms with Crippen LogP contribution in [0.25, 0.3) is 0 Å². The van der Waals surface area contributed by atoms with E-state index in [1.54, 1.807) is 6.92 Å². The van der Waals surface area contributed by atoms with Crippen molar-refractivity contribution in [3.8, 4) is 0 Å². The lowest BCUT2D eigenvalue weighted by Crippen LogP contribution is -2.60. The van der Waals surface area contributed by atoms with Crippen LogP contribution in [0.5, 0.6) is 0 Å². The van der Waals surface area contributed by atoms with Crippen LogP contribution in [0.15, 0.2) is 60.7 Å². The van der Waals surface area contributed by atoms with Gasteiger partial charge in [-0.25, -0.2) is 0 Å². The molecule has 0 radical (unpaired) electrons. The molecule has 0 bridgehead atoms. The molecule has 2 fully saturated rings. The molecule has 2 aromatic carbocycles. The summed E-state index contributed by atoms with van der Waals surface area (Å²) in [4.78, 5) is 14.4. The minimum absolute atomic E-state index is 0.0713. The molecule has 2 aliphatic heterocycles. The molecule has 0 unspecified atom stereocenters. The van der Waals surface area contributed by atoms with E-state index in [0.717, 1.165) is 32.6 Å². The molecule has 0 spiro atoms. The zero-order chi connectivity index (χ0) is 18.0. The minimum atomic E-state index is -0.139. The summed E-state index contributed by atoms with van der Waals surface area (Å²) >= 11 is 0. The molecular formula is C22H27N3O. The summed E-state index contributed by atoms with van der Waals surface area (Å²) in [5, 5.41) is 7.02. The van der Waals surface area contributed by atoms with Gasteiger partial charge in [-0.05, 0) is 17.5 Å². The van der Waals surface area contributed by atoms with Gasteiger partial charge < -0.3 is 10.6 Å². The highest BCUT2D eigenvalue weighted by molar-refractivity contribution is 5.74. The van der Waals surface area contributed by atoms with Crippen LogP contribution in [0.2, 0.25) is 0 Å². The molecule has 4 rings (SSSR count). The van der Waals surface area contributed by atoms with E-state index in [1.807, 2.05) is 0 Å². The molecule has 0 aliphatic carbocycles. The number of likely N-dealkylation sites (tertiary alicyclic amines) is 1. The SMILES string of the molecule is CC(=O)N[C@@]12CCN(Cc3ccccc3)C[C@@H]1[C@@H](c1ccccc1)NC2. The van der Waals surface area contributed by atoms with E-state index in [2.05, 4.69) is 76.2 Å². The van der Waals surface area contributed by atoms with Crippen molar-refractivity contribution in [1.82, 2.24) is 15.5 Å². The molecule has 26 heavy (non-hydrogen) atoms. The van der Waals surface area contributed by atoms with Gasteiger partial charge in [0.05, 0.1) is 5.54 Å². The molecule has 2 aromatic rings. The zero-order valence-electron chi connectivity index (χ0n) is 15.3. The van der Waals surface area contributed by atoms with E-state index < -0.39 is 0 Å². The molecule has 2 N–H and O–H groups in total. The number of benzene rings is 2. The smallest absolute Gasteiger partial charge is 0.217 e. The molecular weight excluding hydrogens is 322 g/mol. The summed E-state index contributed by atoms with van der Waals surface area (Å²) in [6.45, 7) is 5.44. The highest BCUT2D eigenvalue weighted by atomic mass is 16.1. The number of carbonyl (C=O) groups excluding carboxylic acids is 1. The van der Waals surface area contributed by atoms with Crippen molar-refractivity contribution in [3.05, 3.63) is 71.8 Å². The average Bonchev–Trinajstić information content (AvgIpc) is 3.01. The minimum Gasteiger partial charge on any atom is -0.349 e. The molecule has 4 nitrogen and oxygen atoms in total. The molecule has 1 amide bonds. The molecule has 136 valence electrons. The number of amides is 1. The first kappa shape index (κ1) is 17.3. The maximum Gasteiger partial charge on any atom is 0.217 e. The van der Waals surface area contributed by atoms with Gasteiger partial charge in [-0.15, -0.1) is 0 Å². The number of fused-ring (bicyclic) bond motifs is 1. The van der Waals surface area contributed by atoms with E-state index in [-0.39, 0.29) is 17.5 Å². The third kappa shape index (κ3) is 3.39. The predicted molar refractivity (Wildman–Crippen MR) is 104 cm³/mol. The number of hydrogen-bond donors (Lipinski definition) is 2. The van der Waals surface area contributed by atoms with E-state index in [9.17, 15) is 4.79 Å². The van der Waals surface area contributed by atoms with Crippen LogP contribution in [0, 0.1) is 5.92 Å². The second kappa shape index (κ2) is 7.22. The maximum atomic E-state index is 11.9. The molecule has 4 heteroatoms. The van der Waals surface area contributed by atoms with Gasteiger partial charge in [-0.2, -0.15) is 0 Å². The van der Waals surface area contributed by atoms with Gasteiger partial charge in [-0.3, -0.25) is 9.69 Å². The number of nitrogens with zero attached hydrogens (tertiary/aromatic N) is 1. The van der Waals surface area contributed by atoms with Crippen molar-refractivity contribution in [2.45, 2.75) is 31.5 Å². The number of rotatable bonds is 4. The highest BCUT2D eigenvalue weighted by Gasteiger charge is 2.51. The third-order valence-corrected chi connectivity index (χ3v) is 5.91. The van der Waals surface area contributed by atoms with E-state index in [4.69, 9.17) is 0 Å². The van der Waals surface area contributed by atoms with Gasteiger partial charge in [-0.1, -0.05) is 60.7 Å². The fourth-order valence-corrected chi connectivity index (χ4v) is 4.71. The highest BCUT2D eigenvalue weighted by Crippen LogP contribution is 2.42. The largest absolute Gasteiger partial charge is 0.349 e. The van der Waals surface area contributed by atoms with Crippen molar-refractivity contribution in [3.63, 3.8) is 0 Å². The van der Waals surface area contributed by atoms with Gasteiger partial charge in [0.25, 0.3) is 0 Å². The van der Waals surface area contributed by atoms with Gasteiger partial charge in [0.2, 0.25) is 5.91 Å². The Balaban J connectivity index is 1.58. The number of piperidine rings is 1. The molecule has 0 aromatic heterocycles. The summed E-state index contributed by atoms with van der Waals surface area (Å²) in [7, 11) is 0. The topological polar surface area (TPSA) is 44.4 Å². The summed E-state index contributed by atoms with van der Waals surface area (Å²) in [5.74, 6) is 0.438. The van der Waals surface area contributed by atoms with Crippen LogP contribution in [-0.2, 0) is 11.3 Å². The Kier molecular flexibility index (Phi) is 4.79. The Morgan fingerprint density at radius 2 is 1.85 bits per heavy atom. The Morgan fingerprint density at radius 3 is 2.54 bits per heavy atom. The van der Waals surface area contributed by atoms with Crippen LogP contribution in [-0.4, -0.2) is 36.0 Å². The maximum absolute atomic E-state index is 11.9. The molecule has 2 aliphatic rings. The summed E-state index contributed by atoms with van der Waals surface area (Å²) in [6.07, 6.45) is 0.987. The van der Waals surface area contributed by atoms with Crippen molar-refractivity contribution >= 4 is 5.91 Å². The third-order valence-electron chi connectivity index (χ3n) is 5.91. The number of nitrogens with one attached hydrogen (secondary N) is 2. The molecule has 2 saturated heterocycles. The van der Waals surface area contributed by atoms with Gasteiger partial charge in [0.1, 0.15) is 0 Å². The first-order chi connectivity index (χ1) is 12.7. The average molecular weight is 349 g/mol. The second-order valence-corrected chi connectivity index (χ2v) is 7.68. The van der Waals surface area contributed by atoms with Gasteiger partial charge in [0.15, 0.2) is 0 Å². The zero-order valence-corrected chi connectivity index (χ0v) is 15.3. The van der Waals surface area contributed by atoms with Crippen molar-refractivity contribution < 1.29 is 4.79 Å². The van der Waals surface area contributed by atoms with Crippen LogP contribution in [0.3, 0.4) is 0 Å². The van der Waals surface area contributed by atoms with Gasteiger partial charge >= 0.3 is 0 Å². The quantitative estimate of drug-likeness (QED) is 0.892. The Hall–Kier alpha value is -2.17. The van der Waals surface area contributed by atoms with Crippen LogP contribution in [0.4, 0.5) is 0 Å². The van der Waals surface area contributed by atoms with Crippen LogP contribution >= 0.6 is 0 Å². The predicted octanol–water partition coefficient (Wildman–Crippen LogP) is 2.73. The lowest BCUT2D eigenvalue weighted by Gasteiger charge is -2.45. The van der Waals surface area contributed by atoms with Crippen molar-refractivity contribution in [1.29, 1.82) is 0 Å². The lowest BCUT2D eigenvalue weighted by molar-refractivity contribution is -0.122. The van der Waals surface area contributed by atoms with Crippen LogP contribution in [0.1, 0.15) is 30.5 Å². The van der Waals surface area contributed by atoms with E-state index >= 15 is 0 Å². The first-order valence-electron chi connectivity index (χ1n) is 9.50. The second-order valence-electron chi connectivity index (χ2n) is 7.68. The molecule has 0 saturated carbocycles. The monoisotopic (exact) mass is 349 g/mol. The molecule has 2 heterocycles. The number of carbonyl (C=O) groups is 1. The Morgan fingerprint density at radius 1 is 1.15 bits per heavy atom. The van der Waals surface area contributed by atoms with Crippen LogP contribution < -0.4 is 10.6 Å². The number of hydrogen-bond acceptors (Lipinski definition) is 3. The van der Waals surface area contributed by atoms with Gasteiger partial charge in [0, 0.05) is 45.1 Å². The summed E-state index contributed by atoms with van der Waals surface area (Å²) in [5.41, 5.74) is 2.52. The molecule has 3 atom stereocenters. The van der Waals surface area contributed by atoms with E-state index in [0.29, 0.717) is 5.92 Å². The summed E-state index contributed by atoms with van der Waals surface area (Å²) < 4.78 is 0. The van der Waals surface area contributed by atoms with Crippen molar-refractivity contribution in [2.24, 2.45) is 5.92 Å². The summed E-state index contributed by atoms with van der Waals surface area (Å²) in [6, 6.07) is 21.6. The fourth-order valence-electron chi connectivity index (χ4n) is 4.71. The lowest BCUT2D eigenvalue weighted by atomic mass is 9.75. The Labute approximate surface area is 155 Å². The fraction of sp³-hybridized carbons (Fsp3) is 0.409.